The third kappa shape index (κ3) is 3.63. The van der Waals surface area contributed by atoms with E-state index in [0.717, 1.165) is 31.9 Å². The molecule has 0 bridgehead atoms. The van der Waals surface area contributed by atoms with E-state index in [1.54, 1.807) is 11.9 Å². The number of amides is 1. The Morgan fingerprint density at radius 2 is 1.76 bits per heavy atom. The molecular formula is C15H21NO4S. The summed E-state index contributed by atoms with van der Waals surface area (Å²) in [7, 11) is -1.57. The zero-order chi connectivity index (χ0) is 15.6. The summed E-state index contributed by atoms with van der Waals surface area (Å²) in [4.78, 5) is 14.2. The van der Waals surface area contributed by atoms with Gasteiger partial charge < -0.3 is 10.0 Å². The maximum absolute atomic E-state index is 12.4. The molecule has 0 spiro atoms. The van der Waals surface area contributed by atoms with Gasteiger partial charge in [-0.3, -0.25) is 4.79 Å². The van der Waals surface area contributed by atoms with Gasteiger partial charge in [-0.05, 0) is 37.1 Å². The van der Waals surface area contributed by atoms with Crippen molar-refractivity contribution in [2.75, 3.05) is 13.3 Å². The molecule has 1 saturated carbocycles. The molecule has 1 fully saturated rings. The summed E-state index contributed by atoms with van der Waals surface area (Å²) in [5.41, 5.74) is 0.433. The summed E-state index contributed by atoms with van der Waals surface area (Å²) in [6, 6.07) is 5.75. The molecule has 2 atom stereocenters. The van der Waals surface area contributed by atoms with Gasteiger partial charge in [0.15, 0.2) is 9.84 Å². The fourth-order valence-electron chi connectivity index (χ4n) is 2.74. The first-order valence-corrected chi connectivity index (χ1v) is 8.95. The molecule has 1 aliphatic rings. The Bertz CT molecular complexity index is 609. The standard InChI is InChI=1S/C15H21NO4S/c1-16(13-5-3-4-6-14(13)17)15(18)11-7-9-12(10-8-11)21(2,19)20/h7-10,13-14,17H,3-6H2,1-2H3. The predicted molar refractivity (Wildman–Crippen MR) is 79.9 cm³/mol. The van der Waals surface area contributed by atoms with E-state index in [2.05, 4.69) is 0 Å². The van der Waals surface area contributed by atoms with Gasteiger partial charge in [-0.15, -0.1) is 0 Å². The van der Waals surface area contributed by atoms with Gasteiger partial charge >= 0.3 is 0 Å². The molecule has 6 heteroatoms. The van der Waals surface area contributed by atoms with Crippen molar-refractivity contribution in [1.82, 2.24) is 4.90 Å². The van der Waals surface area contributed by atoms with Gasteiger partial charge in [-0.25, -0.2) is 8.42 Å². The van der Waals surface area contributed by atoms with Crippen molar-refractivity contribution < 1.29 is 18.3 Å². The summed E-state index contributed by atoms with van der Waals surface area (Å²) < 4.78 is 22.8. The summed E-state index contributed by atoms with van der Waals surface area (Å²) in [5.74, 6) is -0.194. The fraction of sp³-hybridized carbons (Fsp3) is 0.533. The Kier molecular flexibility index (Phi) is 4.68. The Balaban J connectivity index is 2.15. The number of sulfone groups is 1. The van der Waals surface area contributed by atoms with Gasteiger partial charge in [0.25, 0.3) is 5.91 Å². The van der Waals surface area contributed by atoms with Crippen LogP contribution in [0.4, 0.5) is 0 Å². The highest BCUT2D eigenvalue weighted by molar-refractivity contribution is 7.90. The molecule has 0 aliphatic heterocycles. The lowest BCUT2D eigenvalue weighted by molar-refractivity contribution is 0.0268. The van der Waals surface area contributed by atoms with Crippen LogP contribution in [0.5, 0.6) is 0 Å². The van der Waals surface area contributed by atoms with E-state index in [1.165, 1.54) is 24.3 Å². The SMILES string of the molecule is CN(C(=O)c1ccc(S(C)(=O)=O)cc1)C1CCCCC1O. The molecular weight excluding hydrogens is 290 g/mol. The quantitative estimate of drug-likeness (QED) is 0.917. The zero-order valence-electron chi connectivity index (χ0n) is 12.3. The van der Waals surface area contributed by atoms with Crippen LogP contribution in [0.1, 0.15) is 36.0 Å². The molecule has 1 aliphatic carbocycles. The second-order valence-electron chi connectivity index (χ2n) is 5.63. The smallest absolute Gasteiger partial charge is 0.253 e. The molecule has 0 heterocycles. The second-order valence-corrected chi connectivity index (χ2v) is 7.65. The number of hydrogen-bond acceptors (Lipinski definition) is 4. The number of aliphatic hydroxyl groups is 1. The van der Waals surface area contributed by atoms with Crippen molar-refractivity contribution in [3.05, 3.63) is 29.8 Å². The third-order valence-electron chi connectivity index (χ3n) is 4.04. The van der Waals surface area contributed by atoms with E-state index in [9.17, 15) is 18.3 Å². The predicted octanol–water partition coefficient (Wildman–Crippen LogP) is 1.47. The number of hydrogen-bond donors (Lipinski definition) is 1. The number of carbonyl (C=O) groups excluding carboxylic acids is 1. The van der Waals surface area contributed by atoms with Crippen molar-refractivity contribution in [3.8, 4) is 0 Å². The van der Waals surface area contributed by atoms with E-state index in [1.807, 2.05) is 0 Å². The van der Waals surface area contributed by atoms with Gasteiger partial charge in [0.1, 0.15) is 0 Å². The molecule has 5 nitrogen and oxygen atoms in total. The van der Waals surface area contributed by atoms with E-state index < -0.39 is 15.9 Å². The van der Waals surface area contributed by atoms with Gasteiger partial charge in [-0.1, -0.05) is 12.8 Å². The van der Waals surface area contributed by atoms with Crippen LogP contribution in [0.2, 0.25) is 0 Å². The molecule has 21 heavy (non-hydrogen) atoms. The van der Waals surface area contributed by atoms with Gasteiger partial charge in [0.2, 0.25) is 0 Å². The largest absolute Gasteiger partial charge is 0.391 e. The topological polar surface area (TPSA) is 74.7 Å². The van der Waals surface area contributed by atoms with Crippen LogP contribution in [0.15, 0.2) is 29.2 Å². The van der Waals surface area contributed by atoms with Crippen LogP contribution >= 0.6 is 0 Å². The normalized spacial score (nSPS) is 22.8. The van der Waals surface area contributed by atoms with Gasteiger partial charge in [-0.2, -0.15) is 0 Å². The minimum absolute atomic E-state index is 0.166. The molecule has 1 N–H and O–H groups in total. The molecule has 116 valence electrons. The first-order valence-electron chi connectivity index (χ1n) is 7.06. The van der Waals surface area contributed by atoms with E-state index in [-0.39, 0.29) is 16.8 Å². The van der Waals surface area contributed by atoms with Crippen LogP contribution in [0, 0.1) is 0 Å². The number of aliphatic hydroxyl groups excluding tert-OH is 1. The first kappa shape index (κ1) is 16.0. The molecule has 2 unspecified atom stereocenters. The summed E-state index contributed by atoms with van der Waals surface area (Å²) >= 11 is 0. The van der Waals surface area contributed by atoms with Crippen LogP contribution in [-0.4, -0.2) is 49.8 Å². The van der Waals surface area contributed by atoms with Crippen molar-refractivity contribution in [3.63, 3.8) is 0 Å². The van der Waals surface area contributed by atoms with Crippen LogP contribution in [0.25, 0.3) is 0 Å². The van der Waals surface area contributed by atoms with Crippen molar-refractivity contribution in [1.29, 1.82) is 0 Å². The molecule has 1 aromatic carbocycles. The highest BCUT2D eigenvalue weighted by atomic mass is 32.2. The van der Waals surface area contributed by atoms with E-state index >= 15 is 0 Å². The molecule has 1 aromatic rings. The zero-order valence-corrected chi connectivity index (χ0v) is 13.1. The van der Waals surface area contributed by atoms with Crippen LogP contribution in [-0.2, 0) is 9.84 Å². The van der Waals surface area contributed by atoms with E-state index in [0.29, 0.717) is 5.56 Å². The molecule has 0 aromatic heterocycles. The lowest BCUT2D eigenvalue weighted by atomic mass is 9.91. The van der Waals surface area contributed by atoms with Crippen LogP contribution < -0.4 is 0 Å². The Labute approximate surface area is 125 Å². The molecule has 2 rings (SSSR count). The Morgan fingerprint density at radius 3 is 2.29 bits per heavy atom. The van der Waals surface area contributed by atoms with Crippen LogP contribution in [0.3, 0.4) is 0 Å². The molecule has 1 amide bonds. The van der Waals surface area contributed by atoms with Crippen molar-refractivity contribution >= 4 is 15.7 Å². The van der Waals surface area contributed by atoms with Crippen molar-refractivity contribution in [2.45, 2.75) is 42.7 Å². The number of likely N-dealkylation sites (N-methyl/N-ethyl adjacent to an activating group) is 1. The Hall–Kier alpha value is -1.40. The summed E-state index contributed by atoms with van der Waals surface area (Å²) in [6.45, 7) is 0. The first-order chi connectivity index (χ1) is 9.80. The van der Waals surface area contributed by atoms with Crippen molar-refractivity contribution in [2.24, 2.45) is 0 Å². The fourth-order valence-corrected chi connectivity index (χ4v) is 3.37. The minimum atomic E-state index is -3.26. The molecule has 0 radical (unpaired) electrons. The Morgan fingerprint density at radius 1 is 1.19 bits per heavy atom. The lowest BCUT2D eigenvalue weighted by Gasteiger charge is -2.35. The average Bonchev–Trinajstić information content (AvgIpc) is 2.45. The highest BCUT2D eigenvalue weighted by Gasteiger charge is 2.29. The maximum Gasteiger partial charge on any atom is 0.253 e. The van der Waals surface area contributed by atoms with Gasteiger partial charge in [0, 0.05) is 18.9 Å². The summed E-state index contributed by atoms with van der Waals surface area (Å²) in [5, 5.41) is 10.0. The monoisotopic (exact) mass is 311 g/mol. The molecule has 0 saturated heterocycles. The maximum atomic E-state index is 12.4. The second kappa shape index (κ2) is 6.15. The van der Waals surface area contributed by atoms with E-state index in [4.69, 9.17) is 0 Å². The van der Waals surface area contributed by atoms with Gasteiger partial charge in [0.05, 0.1) is 17.0 Å². The number of benzene rings is 1. The lowest BCUT2D eigenvalue weighted by Crippen LogP contribution is -2.46. The average molecular weight is 311 g/mol. The number of nitrogens with zero attached hydrogens (tertiary/aromatic N) is 1. The number of rotatable bonds is 3. The highest BCUT2D eigenvalue weighted by Crippen LogP contribution is 2.23. The number of carbonyl (C=O) groups is 1. The third-order valence-corrected chi connectivity index (χ3v) is 5.17. The summed E-state index contributed by atoms with van der Waals surface area (Å²) in [6.07, 6.45) is 4.16. The minimum Gasteiger partial charge on any atom is -0.391 e.